The number of H-pyrrole nitrogens is 1. The van der Waals surface area contributed by atoms with Crippen molar-refractivity contribution in [3.63, 3.8) is 0 Å². The van der Waals surface area contributed by atoms with Gasteiger partial charge < -0.3 is 4.98 Å². The van der Waals surface area contributed by atoms with E-state index >= 15 is 0 Å². The van der Waals surface area contributed by atoms with Crippen molar-refractivity contribution in [2.75, 3.05) is 0 Å². The highest BCUT2D eigenvalue weighted by Gasteiger charge is 2.06. The Hall–Kier alpha value is -0.740. The molecule has 0 aliphatic heterocycles. The lowest BCUT2D eigenvalue weighted by Crippen LogP contribution is -1.83. The number of halogens is 1. The summed E-state index contributed by atoms with van der Waals surface area (Å²) in [6.07, 6.45) is 9.12. The first-order valence-electron chi connectivity index (χ1n) is 8.16. The van der Waals surface area contributed by atoms with Gasteiger partial charge in [0, 0.05) is 0 Å². The Bertz CT molecular complexity index is 619. The van der Waals surface area contributed by atoms with Gasteiger partial charge in [0.1, 0.15) is 0 Å². The lowest BCUT2D eigenvalue weighted by molar-refractivity contribution is 0.610. The molecule has 0 aliphatic carbocycles. The van der Waals surface area contributed by atoms with E-state index in [2.05, 4.69) is 57.9 Å². The highest BCUT2D eigenvalue weighted by Crippen LogP contribution is 2.31. The van der Waals surface area contributed by atoms with E-state index in [9.17, 15) is 0 Å². The second-order valence-electron chi connectivity index (χ2n) is 5.76. The average molecular weight is 381 g/mol. The minimum absolute atomic E-state index is 0.984. The second-order valence-corrected chi connectivity index (χ2v) is 7.33. The number of hydrogen-bond acceptors (Lipinski definition) is 2. The van der Waals surface area contributed by atoms with Crippen molar-refractivity contribution in [1.29, 1.82) is 0 Å². The molecule has 0 aliphatic rings. The van der Waals surface area contributed by atoms with Crippen LogP contribution in [0.5, 0.6) is 0 Å². The summed E-state index contributed by atoms with van der Waals surface area (Å²) >= 11 is 5.23. The molecule has 0 fully saturated rings. The third kappa shape index (κ3) is 5.47. The Balaban J connectivity index is 1.84. The molecule has 22 heavy (non-hydrogen) atoms. The van der Waals surface area contributed by atoms with Gasteiger partial charge in [0.05, 0.1) is 11.0 Å². The molecular weight excluding hydrogens is 356 g/mol. The molecule has 0 spiro atoms. The van der Waals surface area contributed by atoms with Crippen LogP contribution in [0.4, 0.5) is 0 Å². The van der Waals surface area contributed by atoms with Gasteiger partial charge in [-0.2, -0.15) is 0 Å². The van der Waals surface area contributed by atoms with Crippen LogP contribution < -0.4 is 0 Å². The normalized spacial score (nSPS) is 12.2. The van der Waals surface area contributed by atoms with Gasteiger partial charge in [-0.3, -0.25) is 0 Å². The number of rotatable bonds is 9. The Labute approximate surface area is 146 Å². The lowest BCUT2D eigenvalue weighted by Gasteiger charge is -2.04. The molecule has 2 nitrogen and oxygen atoms in total. The fourth-order valence-electron chi connectivity index (χ4n) is 2.48. The van der Waals surface area contributed by atoms with Gasteiger partial charge in [-0.1, -0.05) is 72.8 Å². The monoisotopic (exact) mass is 380 g/mol. The van der Waals surface area contributed by atoms with E-state index in [4.69, 9.17) is 0 Å². The first kappa shape index (κ1) is 17.6. The Kier molecular flexibility index (Phi) is 7.53. The van der Waals surface area contributed by atoms with Gasteiger partial charge in [-0.25, -0.2) is 4.98 Å². The van der Waals surface area contributed by atoms with Gasteiger partial charge in [0.25, 0.3) is 0 Å². The lowest BCUT2D eigenvalue weighted by atomic mass is 10.1. The number of hydrogen-bond donors (Lipinski definition) is 1. The summed E-state index contributed by atoms with van der Waals surface area (Å²) in [4.78, 5) is 11.4. The summed E-state index contributed by atoms with van der Waals surface area (Å²) < 4.78 is 0. The third-order valence-electron chi connectivity index (χ3n) is 3.74. The van der Waals surface area contributed by atoms with E-state index in [1.54, 1.807) is 11.8 Å². The predicted molar refractivity (Wildman–Crippen MR) is 102 cm³/mol. The van der Waals surface area contributed by atoms with Crippen LogP contribution in [0.3, 0.4) is 0 Å². The van der Waals surface area contributed by atoms with Crippen molar-refractivity contribution in [2.45, 2.75) is 63.9 Å². The molecule has 2 aromatic rings. The number of benzene rings is 1. The molecule has 1 aromatic carbocycles. The molecule has 1 N–H and O–H groups in total. The summed E-state index contributed by atoms with van der Waals surface area (Å²) in [7, 11) is 0. The second kappa shape index (κ2) is 9.41. The predicted octanol–water partition coefficient (Wildman–Crippen LogP) is 6.95. The Morgan fingerprint density at radius 3 is 2.77 bits per heavy atom. The summed E-state index contributed by atoms with van der Waals surface area (Å²) in [5.74, 6) is 0. The standard InChI is InChI=1S/C18H25BrN2S/c1-3-4-5-6-7-8-9-15(13-19)22-18-20-16-11-10-14(2)12-17(16)21-18/h10-13H,3-9H2,1-2H3,(H,20,21)/b15-13-. The van der Waals surface area contributed by atoms with Crippen LogP contribution in [-0.4, -0.2) is 9.97 Å². The van der Waals surface area contributed by atoms with Gasteiger partial charge >= 0.3 is 0 Å². The molecule has 0 amide bonds. The Morgan fingerprint density at radius 1 is 1.23 bits per heavy atom. The zero-order valence-electron chi connectivity index (χ0n) is 13.5. The van der Waals surface area contributed by atoms with Gasteiger partial charge in [0.2, 0.25) is 0 Å². The molecule has 0 saturated carbocycles. The number of unbranched alkanes of at least 4 members (excludes halogenated alkanes) is 5. The molecule has 0 saturated heterocycles. The fraction of sp³-hybridized carbons (Fsp3) is 0.500. The molecule has 1 heterocycles. The van der Waals surface area contributed by atoms with Crippen LogP contribution in [0.25, 0.3) is 11.0 Å². The van der Waals surface area contributed by atoms with E-state index < -0.39 is 0 Å². The van der Waals surface area contributed by atoms with E-state index in [-0.39, 0.29) is 0 Å². The summed E-state index contributed by atoms with van der Waals surface area (Å²) in [5.41, 5.74) is 3.42. The van der Waals surface area contributed by atoms with E-state index in [1.807, 2.05) is 4.99 Å². The largest absolute Gasteiger partial charge is 0.333 e. The van der Waals surface area contributed by atoms with Gasteiger partial charge in [0.15, 0.2) is 5.16 Å². The summed E-state index contributed by atoms with van der Waals surface area (Å²) in [6, 6.07) is 6.34. The molecule has 0 bridgehead atoms. The van der Waals surface area contributed by atoms with E-state index in [0.717, 1.165) is 22.6 Å². The highest BCUT2D eigenvalue weighted by atomic mass is 79.9. The Morgan fingerprint density at radius 2 is 2.00 bits per heavy atom. The number of nitrogens with one attached hydrogen (secondary N) is 1. The summed E-state index contributed by atoms with van der Waals surface area (Å²) in [6.45, 7) is 4.37. The zero-order chi connectivity index (χ0) is 15.8. The molecule has 2 rings (SSSR count). The molecular formula is C18H25BrN2S. The van der Waals surface area contributed by atoms with Gasteiger partial charge in [-0.15, -0.1) is 0 Å². The van der Waals surface area contributed by atoms with Crippen molar-refractivity contribution in [2.24, 2.45) is 0 Å². The maximum Gasteiger partial charge on any atom is 0.170 e. The smallest absolute Gasteiger partial charge is 0.170 e. The van der Waals surface area contributed by atoms with Crippen molar-refractivity contribution in [3.8, 4) is 0 Å². The van der Waals surface area contributed by atoms with Crippen LogP contribution in [0.1, 0.15) is 57.4 Å². The van der Waals surface area contributed by atoms with Crippen molar-refractivity contribution >= 4 is 38.7 Å². The molecule has 1 aromatic heterocycles. The molecule has 0 radical (unpaired) electrons. The van der Waals surface area contributed by atoms with Crippen LogP contribution in [-0.2, 0) is 0 Å². The number of fused-ring (bicyclic) bond motifs is 1. The number of imidazole rings is 1. The number of aromatic amines is 1. The van der Waals surface area contributed by atoms with E-state index in [0.29, 0.717) is 0 Å². The quantitative estimate of drug-likeness (QED) is 0.376. The van der Waals surface area contributed by atoms with Crippen LogP contribution >= 0.6 is 27.7 Å². The third-order valence-corrected chi connectivity index (χ3v) is 5.57. The van der Waals surface area contributed by atoms with Gasteiger partial charge in [-0.05, 0) is 47.4 Å². The molecule has 4 heteroatoms. The molecule has 120 valence electrons. The first-order chi connectivity index (χ1) is 10.7. The minimum Gasteiger partial charge on any atom is -0.333 e. The van der Waals surface area contributed by atoms with Crippen molar-refractivity contribution in [1.82, 2.24) is 9.97 Å². The van der Waals surface area contributed by atoms with E-state index in [1.165, 1.54) is 49.0 Å². The SMILES string of the molecule is CCCCCCCC/C(=C/Br)Sc1nc2ccc(C)cc2[nH]1. The highest BCUT2D eigenvalue weighted by molar-refractivity contribution is 9.11. The minimum atomic E-state index is 0.984. The number of thioether (sulfide) groups is 1. The van der Waals surface area contributed by atoms with Crippen LogP contribution in [0, 0.1) is 6.92 Å². The first-order valence-corrected chi connectivity index (χ1v) is 9.89. The van der Waals surface area contributed by atoms with Crippen LogP contribution in [0.2, 0.25) is 0 Å². The zero-order valence-corrected chi connectivity index (χ0v) is 15.9. The average Bonchev–Trinajstić information content (AvgIpc) is 2.90. The fourth-order valence-corrected chi connectivity index (χ4v) is 3.83. The number of nitrogens with zero attached hydrogens (tertiary/aromatic N) is 1. The number of aromatic nitrogens is 2. The maximum atomic E-state index is 4.66. The maximum absolute atomic E-state index is 4.66. The topological polar surface area (TPSA) is 28.7 Å². The van der Waals surface area contributed by atoms with Crippen molar-refractivity contribution in [3.05, 3.63) is 33.7 Å². The number of aryl methyl sites for hydroxylation is 1. The van der Waals surface area contributed by atoms with Crippen LogP contribution in [0.15, 0.2) is 33.2 Å². The molecule has 0 unspecified atom stereocenters. The van der Waals surface area contributed by atoms with Crippen molar-refractivity contribution < 1.29 is 0 Å². The molecule has 0 atom stereocenters. The summed E-state index contributed by atoms with van der Waals surface area (Å²) in [5, 5.41) is 0.984. The number of allylic oxidation sites excluding steroid dienone is 1.